The van der Waals surface area contributed by atoms with Gasteiger partial charge in [-0.25, -0.2) is 22.8 Å². The van der Waals surface area contributed by atoms with Gasteiger partial charge in [-0.3, -0.25) is 28.5 Å². The lowest BCUT2D eigenvalue weighted by atomic mass is 9.81. The van der Waals surface area contributed by atoms with Crippen molar-refractivity contribution in [2.24, 2.45) is 5.92 Å². The van der Waals surface area contributed by atoms with Crippen molar-refractivity contribution in [3.63, 3.8) is 0 Å². The standard InChI is InChI=1S/C75H94N6O17S3.CO2/c1-74(2)57-30-12-14-32-62(57)80(43-17-19-45-100(93,94)95)65(74)40-36-53-27-21-28-54(37-41-66-75(3,4)58-31-13-15-33-63(58)81(66)44-18-20-46-101(96,97)98)69(53)99-50-61(72(90)91)78-70(87)55(47-51-23-7-5-8-24-51)49-64(83)60(48-52-25-9-6-10-26-52)77-67(84)34-16-11-29-56(82)38-39-59(71(88)89)79-73(92)76-42-22-35-68(85)86;2-1-3/h5-10,12-15,23-26,30-33,36-37,40-41,55,59-61H,11,16-22,27-29,34-35,38-39,42-50H2,1-4H3,(H8-,76,77,78,79,84,85,86,87,88,89,90,91,92,93,94,95,96,97,98);/t55-,59+,60+,61-;/m1./s1. The summed E-state index contributed by atoms with van der Waals surface area (Å²) in [5, 5.41) is 39.9. The lowest BCUT2D eigenvalue weighted by molar-refractivity contribution is -0.438. The van der Waals surface area contributed by atoms with Crippen LogP contribution in [-0.4, -0.2) is 160 Å². The van der Waals surface area contributed by atoms with Crippen molar-refractivity contribution in [2.45, 2.75) is 172 Å². The van der Waals surface area contributed by atoms with Crippen LogP contribution in [0.4, 0.5) is 16.2 Å². The molecular weight excluding hydrogens is 1400 g/mol. The van der Waals surface area contributed by atoms with Crippen LogP contribution in [0.3, 0.4) is 0 Å². The summed E-state index contributed by atoms with van der Waals surface area (Å²) in [6.45, 7) is 9.34. The van der Waals surface area contributed by atoms with Crippen LogP contribution in [0.25, 0.3) is 0 Å². The lowest BCUT2D eigenvalue weighted by Gasteiger charge is -2.28. The molecule has 7 rings (SSSR count). The number of hydrogen-bond acceptors (Lipinski definition) is 17. The Morgan fingerprint density at radius 3 is 1.91 bits per heavy atom. The third kappa shape index (κ3) is 26.2. The van der Waals surface area contributed by atoms with E-state index in [1.54, 1.807) is 60.7 Å². The zero-order chi connectivity index (χ0) is 76.2. The van der Waals surface area contributed by atoms with Gasteiger partial charge in [0.2, 0.25) is 17.5 Å². The molecule has 0 fully saturated rings. The van der Waals surface area contributed by atoms with Gasteiger partial charge in [0.25, 0.3) is 10.1 Å². The van der Waals surface area contributed by atoms with E-state index in [1.165, 1.54) is 11.8 Å². The fraction of sp³-hybridized carbons (Fsp3) is 0.447. The number of nitrogens with zero attached hydrogens (tertiary/aromatic N) is 2. The van der Waals surface area contributed by atoms with E-state index in [0.29, 0.717) is 49.9 Å². The normalized spacial score (nSPS) is 16.5. The quantitative estimate of drug-likeness (QED) is 0.0116. The number of carbonyl (C=O) groups is 8. The second kappa shape index (κ2) is 40.2. The number of allylic oxidation sites excluding steroid dienone is 7. The Kier molecular flexibility index (Phi) is 32.4. The summed E-state index contributed by atoms with van der Waals surface area (Å²) in [4.78, 5) is 124. The van der Waals surface area contributed by atoms with Crippen molar-refractivity contribution in [3.8, 4) is 0 Å². The van der Waals surface area contributed by atoms with Gasteiger partial charge in [0.15, 0.2) is 11.5 Å². The molecule has 2 heterocycles. The number of carbonyl (C=O) groups excluding carboxylic acids is 7. The van der Waals surface area contributed by atoms with E-state index in [9.17, 15) is 74.5 Å². The molecule has 1 aliphatic carbocycles. The Labute approximate surface area is 611 Å². The molecule has 0 saturated carbocycles. The average molecular weight is 1490 g/mol. The number of hydrogen-bond donors (Lipinski definition) is 8. The minimum atomic E-state index is -4.43. The molecule has 8 N–H and O–H groups in total. The Balaban J connectivity index is 0.00000556. The zero-order valence-corrected chi connectivity index (χ0v) is 61.5. The van der Waals surface area contributed by atoms with Gasteiger partial charge in [0, 0.05) is 108 Å². The van der Waals surface area contributed by atoms with Crippen LogP contribution in [0.1, 0.15) is 153 Å². The molecule has 0 radical (unpaired) electrons. The molecule has 2 aliphatic heterocycles. The van der Waals surface area contributed by atoms with Gasteiger partial charge in [-0.1, -0.05) is 123 Å². The van der Waals surface area contributed by atoms with Crippen molar-refractivity contribution in [1.82, 2.24) is 21.3 Å². The molecule has 4 atom stereocenters. The molecular formula is C76H94N6O19S3. The predicted molar refractivity (Wildman–Crippen MR) is 392 cm³/mol. The van der Waals surface area contributed by atoms with Gasteiger partial charge in [0.05, 0.1) is 27.3 Å². The highest BCUT2D eigenvalue weighted by atomic mass is 32.2. The van der Waals surface area contributed by atoms with Crippen molar-refractivity contribution >= 4 is 103 Å². The monoisotopic (exact) mass is 1490 g/mol. The number of fused-ring (bicyclic) bond motifs is 2. The number of Topliss-reactive ketones (excluding diaryl/α,β-unsaturated/α-hetero) is 2. The first kappa shape index (κ1) is 83.8. The van der Waals surface area contributed by atoms with Crippen LogP contribution < -0.4 is 26.2 Å². The van der Waals surface area contributed by atoms with Gasteiger partial charge in [0.1, 0.15) is 24.4 Å². The molecule has 0 saturated heterocycles. The first-order valence-corrected chi connectivity index (χ1v) is 38.9. The van der Waals surface area contributed by atoms with Crippen molar-refractivity contribution in [1.29, 1.82) is 0 Å². The van der Waals surface area contributed by atoms with Gasteiger partial charge in [-0.05, 0) is 131 Å². The highest BCUT2D eigenvalue weighted by molar-refractivity contribution is 8.03. The van der Waals surface area contributed by atoms with Crippen LogP contribution in [0.5, 0.6) is 0 Å². The summed E-state index contributed by atoms with van der Waals surface area (Å²) < 4.78 is 70.1. The number of thioether (sulfide) groups is 1. The lowest BCUT2D eigenvalue weighted by Crippen LogP contribution is -2.48. The highest BCUT2D eigenvalue weighted by Gasteiger charge is 2.44. The largest absolute Gasteiger partial charge is 0.748 e. The van der Waals surface area contributed by atoms with Crippen LogP contribution in [0.15, 0.2) is 155 Å². The second-order valence-corrected chi connectivity index (χ2v) is 31.1. The number of unbranched alkanes of at least 4 members (excludes halogenated alkanes) is 3. The molecule has 4 amide bonds. The van der Waals surface area contributed by atoms with Crippen LogP contribution in [0, 0.1) is 5.92 Å². The van der Waals surface area contributed by atoms with Crippen molar-refractivity contribution < 1.29 is 93.8 Å². The molecule has 3 aliphatic rings. The number of para-hydroxylation sites is 2. The SMILES string of the molecule is CC1(C)C(=CC=C2CCCC(C=CC3=[N+](CCCCS(=O)(=O)O)c4ccccc4C3(C)C)=C2SC[C@@H](NC(=O)[C@@H](CC(=O)[C@H](Cc2ccccc2)NC(=O)CCCCC(=O)CC[C@H](NC(=O)NCCCC(=O)O)C(=O)O)Cc2ccccc2)C(=O)O)N(CCCCS(=O)(=O)[O-])c2ccccc21.O=C=O. The van der Waals surface area contributed by atoms with Gasteiger partial charge < -0.3 is 46.0 Å². The van der Waals surface area contributed by atoms with E-state index in [2.05, 4.69) is 88.8 Å². The summed E-state index contributed by atoms with van der Waals surface area (Å²) in [5.41, 5.74) is 8.07. The predicted octanol–water partition coefficient (Wildman–Crippen LogP) is 9.45. The number of carboxylic acid groups (broad SMARTS) is 3. The molecule has 0 spiro atoms. The summed E-state index contributed by atoms with van der Waals surface area (Å²) in [7, 11) is -8.61. The van der Waals surface area contributed by atoms with Crippen LogP contribution >= 0.6 is 11.8 Å². The van der Waals surface area contributed by atoms with E-state index in [0.717, 1.165) is 56.4 Å². The van der Waals surface area contributed by atoms with E-state index in [4.69, 9.17) is 14.7 Å². The van der Waals surface area contributed by atoms with Gasteiger partial charge in [-0.2, -0.15) is 22.6 Å². The maximum absolute atomic E-state index is 14.9. The number of benzene rings is 4. The zero-order valence-electron chi connectivity index (χ0n) is 59.0. The summed E-state index contributed by atoms with van der Waals surface area (Å²) in [5.74, 6) is -7.83. The van der Waals surface area contributed by atoms with Crippen molar-refractivity contribution in [2.75, 3.05) is 41.8 Å². The molecule has 0 unspecified atom stereocenters. The molecule has 25 nitrogen and oxygen atoms in total. The molecule has 0 bridgehead atoms. The number of ketones is 2. The summed E-state index contributed by atoms with van der Waals surface area (Å²) >= 11 is 1.28. The fourth-order valence-electron chi connectivity index (χ4n) is 13.1. The van der Waals surface area contributed by atoms with Crippen LogP contribution in [0.2, 0.25) is 0 Å². The molecule has 104 heavy (non-hydrogen) atoms. The molecule has 0 aromatic heterocycles. The molecule has 4 aromatic rings. The van der Waals surface area contributed by atoms with E-state index in [-0.39, 0.29) is 107 Å². The smallest absolute Gasteiger partial charge is 0.373 e. The first-order valence-electron chi connectivity index (χ1n) is 34.7. The Morgan fingerprint density at radius 2 is 1.27 bits per heavy atom. The number of rotatable bonds is 41. The number of amides is 4. The minimum Gasteiger partial charge on any atom is -0.748 e. The fourth-order valence-corrected chi connectivity index (χ4v) is 15.5. The number of aliphatic carboxylic acids is 3. The maximum atomic E-state index is 14.9. The van der Waals surface area contributed by atoms with Crippen molar-refractivity contribution in [3.05, 3.63) is 178 Å². The first-order chi connectivity index (χ1) is 49.3. The maximum Gasteiger partial charge on any atom is 0.373 e. The Morgan fingerprint density at radius 1 is 0.654 bits per heavy atom. The minimum absolute atomic E-state index is 0.00329. The number of anilines is 1. The molecule has 560 valence electrons. The van der Waals surface area contributed by atoms with E-state index < -0.39 is 109 Å². The number of carboxylic acids is 3. The van der Waals surface area contributed by atoms with E-state index >= 15 is 0 Å². The Hall–Kier alpha value is -9.18. The van der Waals surface area contributed by atoms with Gasteiger partial charge >= 0.3 is 30.1 Å². The van der Waals surface area contributed by atoms with Gasteiger partial charge in [-0.15, -0.1) is 11.8 Å². The summed E-state index contributed by atoms with van der Waals surface area (Å²) in [6, 6.07) is 29.1. The average Bonchev–Trinajstić information content (AvgIpc) is 1.60. The van der Waals surface area contributed by atoms with Crippen LogP contribution in [-0.2, 0) is 87.1 Å². The number of urea groups is 1. The second-order valence-electron chi connectivity index (χ2n) is 27.0. The number of nitrogens with one attached hydrogen (secondary N) is 4. The third-order valence-electron chi connectivity index (χ3n) is 18.5. The molecule has 4 aromatic carbocycles. The van der Waals surface area contributed by atoms with E-state index in [1.807, 2.05) is 42.5 Å². The topological polar surface area (TPSA) is 397 Å². The highest BCUT2D eigenvalue weighted by Crippen LogP contribution is 2.49. The summed E-state index contributed by atoms with van der Waals surface area (Å²) in [6.07, 6.45) is 11.3. The molecule has 28 heteroatoms. The third-order valence-corrected chi connectivity index (χ3v) is 21.4. The Bertz CT molecular complexity index is 4140.